The molecule has 1 atom stereocenters. The van der Waals surface area contributed by atoms with Crippen LogP contribution in [0.4, 0.5) is 0 Å². The van der Waals surface area contributed by atoms with Crippen molar-refractivity contribution in [1.82, 2.24) is 4.72 Å². The largest absolute Gasteiger partial charge is 0.409 e. The normalized spacial score (nSPS) is 15.0. The van der Waals surface area contributed by atoms with E-state index in [4.69, 9.17) is 10.9 Å². The molecule has 0 aromatic carbocycles. The molecule has 0 amide bonds. The summed E-state index contributed by atoms with van der Waals surface area (Å²) in [7, 11) is -3.64. The SMILES string of the molecule is Cc1ccc(S(=O)(=O)NC(C(N)=NO)C(C)C)s1. The third-order valence-corrected chi connectivity index (χ3v) is 5.30. The Morgan fingerprint density at radius 1 is 1.50 bits per heavy atom. The molecule has 102 valence electrons. The van der Waals surface area contributed by atoms with Crippen LogP contribution in [0.2, 0.25) is 0 Å². The number of rotatable bonds is 5. The van der Waals surface area contributed by atoms with Gasteiger partial charge in [-0.2, -0.15) is 4.72 Å². The molecule has 0 aliphatic rings. The van der Waals surface area contributed by atoms with Gasteiger partial charge in [-0.3, -0.25) is 0 Å². The first-order valence-electron chi connectivity index (χ1n) is 5.34. The van der Waals surface area contributed by atoms with Gasteiger partial charge >= 0.3 is 0 Å². The average molecular weight is 291 g/mol. The van der Waals surface area contributed by atoms with Crippen molar-refractivity contribution >= 4 is 27.2 Å². The van der Waals surface area contributed by atoms with E-state index in [2.05, 4.69) is 9.88 Å². The first kappa shape index (κ1) is 14.9. The molecule has 0 fully saturated rings. The average Bonchev–Trinajstić information content (AvgIpc) is 2.72. The number of nitrogens with two attached hydrogens (primary N) is 1. The maximum Gasteiger partial charge on any atom is 0.250 e. The van der Waals surface area contributed by atoms with Gasteiger partial charge in [-0.05, 0) is 25.0 Å². The summed E-state index contributed by atoms with van der Waals surface area (Å²) in [6.07, 6.45) is 0. The number of hydrogen-bond donors (Lipinski definition) is 3. The van der Waals surface area contributed by atoms with Crippen LogP contribution >= 0.6 is 11.3 Å². The highest BCUT2D eigenvalue weighted by Crippen LogP contribution is 2.21. The third kappa shape index (κ3) is 3.44. The second-order valence-corrected chi connectivity index (χ2v) is 7.46. The highest BCUT2D eigenvalue weighted by atomic mass is 32.2. The summed E-state index contributed by atoms with van der Waals surface area (Å²) in [5.74, 6) is -0.279. The monoisotopic (exact) mass is 291 g/mol. The molecule has 0 bridgehead atoms. The maximum absolute atomic E-state index is 12.1. The molecule has 1 aromatic heterocycles. The summed E-state index contributed by atoms with van der Waals surface area (Å²) in [6, 6.07) is 2.53. The minimum atomic E-state index is -3.64. The Morgan fingerprint density at radius 2 is 2.11 bits per heavy atom. The molecule has 0 aliphatic carbocycles. The third-order valence-electron chi connectivity index (χ3n) is 2.36. The van der Waals surface area contributed by atoms with Crippen molar-refractivity contribution < 1.29 is 13.6 Å². The lowest BCUT2D eigenvalue weighted by molar-refractivity contribution is 0.313. The summed E-state index contributed by atoms with van der Waals surface area (Å²) < 4.78 is 26.8. The van der Waals surface area contributed by atoms with E-state index in [1.54, 1.807) is 19.9 Å². The van der Waals surface area contributed by atoms with E-state index < -0.39 is 16.1 Å². The molecule has 0 spiro atoms. The predicted molar refractivity (Wildman–Crippen MR) is 71.4 cm³/mol. The van der Waals surface area contributed by atoms with Gasteiger partial charge in [0.15, 0.2) is 5.84 Å². The van der Waals surface area contributed by atoms with Crippen LogP contribution < -0.4 is 10.5 Å². The van der Waals surface area contributed by atoms with Crippen LogP contribution in [0, 0.1) is 12.8 Å². The van der Waals surface area contributed by atoms with E-state index >= 15 is 0 Å². The lowest BCUT2D eigenvalue weighted by Crippen LogP contribution is -2.47. The number of thiophene rings is 1. The topological polar surface area (TPSA) is 105 Å². The number of hydrogen-bond acceptors (Lipinski definition) is 5. The number of nitrogens with zero attached hydrogens (tertiary/aromatic N) is 1. The molecule has 18 heavy (non-hydrogen) atoms. The Hall–Kier alpha value is -1.12. The van der Waals surface area contributed by atoms with Gasteiger partial charge in [0.2, 0.25) is 0 Å². The second-order valence-electron chi connectivity index (χ2n) is 4.23. The van der Waals surface area contributed by atoms with Crippen LogP contribution in [-0.4, -0.2) is 25.5 Å². The van der Waals surface area contributed by atoms with Crippen LogP contribution in [0.15, 0.2) is 21.5 Å². The van der Waals surface area contributed by atoms with Gasteiger partial charge in [-0.25, -0.2) is 8.42 Å². The Balaban J connectivity index is 3.00. The van der Waals surface area contributed by atoms with Crippen molar-refractivity contribution in [2.45, 2.75) is 31.0 Å². The number of amidine groups is 1. The quantitative estimate of drug-likeness (QED) is 0.327. The summed E-state index contributed by atoms with van der Waals surface area (Å²) in [5.41, 5.74) is 5.49. The first-order chi connectivity index (χ1) is 8.27. The van der Waals surface area contributed by atoms with Crippen molar-refractivity contribution in [2.75, 3.05) is 0 Å². The Morgan fingerprint density at radius 3 is 2.50 bits per heavy atom. The van der Waals surface area contributed by atoms with Crippen LogP contribution in [0.5, 0.6) is 0 Å². The van der Waals surface area contributed by atoms with Gasteiger partial charge in [0.05, 0.1) is 6.04 Å². The van der Waals surface area contributed by atoms with Crippen molar-refractivity contribution in [1.29, 1.82) is 0 Å². The standard InChI is InChI=1S/C10H17N3O3S2/c1-6(2)9(10(11)12-14)13-18(15,16)8-5-4-7(3)17-8/h4-6,9,13-14H,1-3H3,(H2,11,12). The molecule has 1 unspecified atom stereocenters. The highest BCUT2D eigenvalue weighted by molar-refractivity contribution is 7.91. The predicted octanol–water partition coefficient (Wildman–Crippen LogP) is 1.11. The molecule has 0 radical (unpaired) electrons. The van der Waals surface area contributed by atoms with Crippen molar-refractivity contribution in [3.63, 3.8) is 0 Å². The Labute approximate surface area is 111 Å². The Bertz CT molecular complexity index is 534. The summed E-state index contributed by atoms with van der Waals surface area (Å²) in [5, 5.41) is 11.5. The van der Waals surface area contributed by atoms with E-state index in [1.807, 2.05) is 6.92 Å². The van der Waals surface area contributed by atoms with Gasteiger partial charge < -0.3 is 10.9 Å². The summed E-state index contributed by atoms with van der Waals surface area (Å²) in [6.45, 7) is 5.39. The van der Waals surface area contributed by atoms with Crippen LogP contribution in [-0.2, 0) is 10.0 Å². The second kappa shape index (κ2) is 5.68. The molecule has 1 rings (SSSR count). The van der Waals surface area contributed by atoms with E-state index in [9.17, 15) is 8.42 Å². The van der Waals surface area contributed by atoms with Crippen LogP contribution in [0.1, 0.15) is 18.7 Å². The fraction of sp³-hybridized carbons (Fsp3) is 0.500. The lowest BCUT2D eigenvalue weighted by Gasteiger charge is -2.20. The zero-order valence-electron chi connectivity index (χ0n) is 10.4. The summed E-state index contributed by atoms with van der Waals surface area (Å²) in [4.78, 5) is 0.903. The van der Waals surface area contributed by atoms with Crippen molar-refractivity contribution in [2.24, 2.45) is 16.8 Å². The molecular formula is C10H17N3O3S2. The zero-order chi connectivity index (χ0) is 13.9. The molecule has 1 heterocycles. The molecule has 0 aliphatic heterocycles. The minimum absolute atomic E-state index is 0.128. The molecule has 1 aromatic rings. The first-order valence-corrected chi connectivity index (χ1v) is 7.64. The number of aryl methyl sites for hydroxylation is 1. The molecule has 0 saturated carbocycles. The van der Waals surface area contributed by atoms with Crippen LogP contribution in [0.3, 0.4) is 0 Å². The van der Waals surface area contributed by atoms with Gasteiger partial charge in [-0.1, -0.05) is 19.0 Å². The molecular weight excluding hydrogens is 274 g/mol. The number of nitrogens with one attached hydrogen (secondary N) is 1. The van der Waals surface area contributed by atoms with Gasteiger partial charge in [0, 0.05) is 4.88 Å². The van der Waals surface area contributed by atoms with Crippen LogP contribution in [0.25, 0.3) is 0 Å². The van der Waals surface area contributed by atoms with Gasteiger partial charge in [0.1, 0.15) is 4.21 Å². The summed E-state index contributed by atoms with van der Waals surface area (Å²) >= 11 is 1.17. The van der Waals surface area contributed by atoms with E-state index in [-0.39, 0.29) is 16.0 Å². The van der Waals surface area contributed by atoms with E-state index in [0.29, 0.717) is 0 Å². The minimum Gasteiger partial charge on any atom is -0.409 e. The number of oxime groups is 1. The zero-order valence-corrected chi connectivity index (χ0v) is 12.0. The molecule has 0 saturated heterocycles. The fourth-order valence-electron chi connectivity index (χ4n) is 1.38. The van der Waals surface area contributed by atoms with Gasteiger partial charge in [-0.15, -0.1) is 11.3 Å². The van der Waals surface area contributed by atoms with Crippen molar-refractivity contribution in [3.8, 4) is 0 Å². The molecule has 8 heteroatoms. The molecule has 6 nitrogen and oxygen atoms in total. The smallest absolute Gasteiger partial charge is 0.250 e. The Kier molecular flexibility index (Phi) is 4.71. The highest BCUT2D eigenvalue weighted by Gasteiger charge is 2.26. The van der Waals surface area contributed by atoms with Crippen molar-refractivity contribution in [3.05, 3.63) is 17.0 Å². The fourth-order valence-corrected chi connectivity index (χ4v) is 4.04. The lowest BCUT2D eigenvalue weighted by atomic mass is 10.1. The van der Waals surface area contributed by atoms with E-state index in [1.165, 1.54) is 17.4 Å². The number of sulfonamides is 1. The van der Waals surface area contributed by atoms with Gasteiger partial charge in [0.25, 0.3) is 10.0 Å². The molecule has 4 N–H and O–H groups in total. The van der Waals surface area contributed by atoms with E-state index in [0.717, 1.165) is 4.88 Å². The maximum atomic E-state index is 12.1.